The van der Waals surface area contributed by atoms with Gasteiger partial charge >= 0.3 is 0 Å². The number of allylic oxidation sites excluding steroid dienone is 1. The molecule has 0 aromatic carbocycles. The molecule has 0 aromatic rings. The number of unbranched alkanes of at least 4 members (excludes halogenated alkanes) is 10. The van der Waals surface area contributed by atoms with Crippen LogP contribution in [0.25, 0.3) is 0 Å². The minimum absolute atomic E-state index is 0.0219. The van der Waals surface area contributed by atoms with Crippen molar-refractivity contribution in [2.45, 2.75) is 142 Å². The van der Waals surface area contributed by atoms with Gasteiger partial charge in [-0.2, -0.15) is 0 Å². The van der Waals surface area contributed by atoms with Crippen LogP contribution >= 0.6 is 0 Å². The van der Waals surface area contributed by atoms with Crippen LogP contribution in [0.1, 0.15) is 111 Å². The van der Waals surface area contributed by atoms with E-state index in [1.807, 2.05) is 0 Å². The molecule has 0 radical (unpaired) electrons. The number of hydrogen-bond donors (Lipinski definition) is 2. The molecule has 0 bridgehead atoms. The van der Waals surface area contributed by atoms with Gasteiger partial charge in [-0.1, -0.05) is 97.6 Å². The molecule has 0 saturated carbocycles. The van der Waals surface area contributed by atoms with Crippen LogP contribution in [0.15, 0.2) is 12.2 Å². The first-order chi connectivity index (χ1) is 13.6. The van der Waals surface area contributed by atoms with Gasteiger partial charge in [0, 0.05) is 6.42 Å². The summed E-state index contributed by atoms with van der Waals surface area (Å²) >= 11 is 0. The van der Waals surface area contributed by atoms with Crippen LogP contribution in [0.2, 0.25) is 18.1 Å². The minimum atomic E-state index is -1.92. The van der Waals surface area contributed by atoms with Crippen LogP contribution < -0.4 is 0 Å². The average Bonchev–Trinajstić information content (AvgIpc) is 2.63. The van der Waals surface area contributed by atoms with Gasteiger partial charge in [0.2, 0.25) is 0 Å². The Hall–Kier alpha value is -0.163. The Morgan fingerprint density at radius 2 is 1.38 bits per heavy atom. The maximum atomic E-state index is 10.3. The second-order valence-electron chi connectivity index (χ2n) is 10.3. The second kappa shape index (κ2) is 16.5. The van der Waals surface area contributed by atoms with Crippen molar-refractivity contribution in [3.63, 3.8) is 0 Å². The maximum absolute atomic E-state index is 10.3. The van der Waals surface area contributed by atoms with Crippen molar-refractivity contribution in [3.05, 3.63) is 12.2 Å². The highest BCUT2D eigenvalue weighted by Gasteiger charge is 2.39. The summed E-state index contributed by atoms with van der Waals surface area (Å²) in [6.07, 6.45) is 19.5. The van der Waals surface area contributed by atoms with Gasteiger partial charge in [-0.3, -0.25) is 0 Å². The summed E-state index contributed by atoms with van der Waals surface area (Å²) in [6.45, 7) is 13.2. The van der Waals surface area contributed by atoms with Crippen LogP contribution in [0.5, 0.6) is 0 Å². The Morgan fingerprint density at radius 1 is 0.862 bits per heavy atom. The van der Waals surface area contributed by atoms with E-state index in [4.69, 9.17) is 4.43 Å². The molecule has 0 aliphatic heterocycles. The summed E-state index contributed by atoms with van der Waals surface area (Å²) < 4.78 is 6.25. The minimum Gasteiger partial charge on any atom is -0.412 e. The standard InChI is InChI=1S/C25H52O3Si/c1-7-8-9-10-11-12-13-14-15-16-17-18-19-20-23(27)21-24(22-26)28-29(5,6)25(2,3)4/h18-19,23-24,26-27H,7-17,20-22H2,1-6H3/b19-18+/t23-,24+/m1/s1. The second-order valence-corrected chi connectivity index (χ2v) is 15.0. The Kier molecular flexibility index (Phi) is 16.4. The van der Waals surface area contributed by atoms with E-state index in [1.165, 1.54) is 64.2 Å². The van der Waals surface area contributed by atoms with E-state index < -0.39 is 14.4 Å². The summed E-state index contributed by atoms with van der Waals surface area (Å²) in [5, 5.41) is 20.1. The Labute approximate surface area is 183 Å². The van der Waals surface area contributed by atoms with Crippen molar-refractivity contribution >= 4 is 8.32 Å². The number of rotatable bonds is 18. The number of hydrogen-bond acceptors (Lipinski definition) is 3. The molecule has 0 aliphatic carbocycles. The highest BCUT2D eigenvalue weighted by atomic mass is 28.4. The molecule has 0 unspecified atom stereocenters. The smallest absolute Gasteiger partial charge is 0.192 e. The van der Waals surface area contributed by atoms with Crippen molar-refractivity contribution in [1.82, 2.24) is 0 Å². The molecule has 2 atom stereocenters. The largest absolute Gasteiger partial charge is 0.412 e. The van der Waals surface area contributed by atoms with Crippen LogP contribution in [-0.2, 0) is 4.43 Å². The summed E-state index contributed by atoms with van der Waals surface area (Å²) in [4.78, 5) is 0. The number of aliphatic hydroxyl groups is 2. The van der Waals surface area contributed by atoms with E-state index in [1.54, 1.807) is 0 Å². The third kappa shape index (κ3) is 15.3. The molecule has 0 aliphatic rings. The lowest BCUT2D eigenvalue weighted by Crippen LogP contribution is -2.45. The van der Waals surface area contributed by atoms with Gasteiger partial charge in [0.25, 0.3) is 0 Å². The van der Waals surface area contributed by atoms with Crippen LogP contribution in [0.3, 0.4) is 0 Å². The fraction of sp³-hybridized carbons (Fsp3) is 0.920. The monoisotopic (exact) mass is 428 g/mol. The fourth-order valence-electron chi connectivity index (χ4n) is 3.27. The van der Waals surface area contributed by atoms with Gasteiger partial charge in [0.15, 0.2) is 8.32 Å². The van der Waals surface area contributed by atoms with Crippen LogP contribution in [0, 0.1) is 0 Å². The lowest BCUT2D eigenvalue weighted by Gasteiger charge is -2.39. The van der Waals surface area contributed by atoms with Crippen molar-refractivity contribution < 1.29 is 14.6 Å². The maximum Gasteiger partial charge on any atom is 0.192 e. The molecular formula is C25H52O3Si. The Balaban J connectivity index is 3.80. The quantitative estimate of drug-likeness (QED) is 0.136. The zero-order valence-corrected chi connectivity index (χ0v) is 21.5. The van der Waals surface area contributed by atoms with Crippen molar-refractivity contribution in [2.24, 2.45) is 0 Å². The van der Waals surface area contributed by atoms with Gasteiger partial charge in [-0.15, -0.1) is 0 Å². The fourth-order valence-corrected chi connectivity index (χ4v) is 4.63. The van der Waals surface area contributed by atoms with E-state index >= 15 is 0 Å². The lowest BCUT2D eigenvalue weighted by atomic mass is 10.1. The molecule has 0 saturated heterocycles. The van der Waals surface area contributed by atoms with Crippen LogP contribution in [0.4, 0.5) is 0 Å². The van der Waals surface area contributed by atoms with Gasteiger partial charge in [-0.25, -0.2) is 0 Å². The van der Waals surface area contributed by atoms with Crippen LogP contribution in [-0.4, -0.2) is 37.3 Å². The van der Waals surface area contributed by atoms with Gasteiger partial charge in [-0.05, 0) is 37.4 Å². The van der Waals surface area contributed by atoms with Gasteiger partial charge in [0.1, 0.15) is 0 Å². The number of aliphatic hydroxyl groups excluding tert-OH is 2. The molecule has 0 fully saturated rings. The van der Waals surface area contributed by atoms with E-state index in [0.29, 0.717) is 12.8 Å². The summed E-state index contributed by atoms with van der Waals surface area (Å²) in [5.41, 5.74) is 0. The third-order valence-electron chi connectivity index (χ3n) is 6.31. The lowest BCUT2D eigenvalue weighted by molar-refractivity contribution is 0.0496. The molecule has 2 N–H and O–H groups in total. The topological polar surface area (TPSA) is 49.7 Å². The SMILES string of the molecule is CCCCCCCCCCCC/C=C/C[C@@H](O)C[C@@H](CO)O[Si](C)(C)C(C)(C)C. The van der Waals surface area contributed by atoms with Gasteiger partial charge < -0.3 is 14.6 Å². The first-order valence-corrected chi connectivity index (χ1v) is 15.2. The molecule has 0 heterocycles. The third-order valence-corrected chi connectivity index (χ3v) is 10.8. The molecule has 29 heavy (non-hydrogen) atoms. The molecular weight excluding hydrogens is 376 g/mol. The zero-order chi connectivity index (χ0) is 22.2. The predicted octanol–water partition coefficient (Wildman–Crippen LogP) is 7.38. The van der Waals surface area contributed by atoms with E-state index in [-0.39, 0.29) is 17.7 Å². The highest BCUT2D eigenvalue weighted by Crippen LogP contribution is 2.37. The molecule has 3 nitrogen and oxygen atoms in total. The molecule has 0 spiro atoms. The molecule has 0 aromatic heterocycles. The molecule has 0 amide bonds. The summed E-state index contributed by atoms with van der Waals surface area (Å²) in [7, 11) is -1.92. The molecule has 0 rings (SSSR count). The first kappa shape index (κ1) is 28.8. The highest BCUT2D eigenvalue weighted by molar-refractivity contribution is 6.74. The Bertz CT molecular complexity index is 401. The average molecular weight is 429 g/mol. The van der Waals surface area contributed by atoms with Crippen molar-refractivity contribution in [3.8, 4) is 0 Å². The summed E-state index contributed by atoms with van der Waals surface area (Å²) in [6, 6.07) is 0. The van der Waals surface area contributed by atoms with E-state index in [2.05, 4.69) is 52.9 Å². The van der Waals surface area contributed by atoms with Gasteiger partial charge in [0.05, 0.1) is 18.8 Å². The molecule has 4 heteroatoms. The van der Waals surface area contributed by atoms with Crippen molar-refractivity contribution in [1.29, 1.82) is 0 Å². The predicted molar refractivity (Wildman–Crippen MR) is 130 cm³/mol. The first-order valence-electron chi connectivity index (χ1n) is 12.3. The van der Waals surface area contributed by atoms with E-state index in [9.17, 15) is 10.2 Å². The normalized spacial score (nSPS) is 15.2. The summed E-state index contributed by atoms with van der Waals surface area (Å²) in [5.74, 6) is 0. The molecule has 174 valence electrons. The zero-order valence-electron chi connectivity index (χ0n) is 20.5. The Morgan fingerprint density at radius 3 is 1.86 bits per heavy atom. The van der Waals surface area contributed by atoms with E-state index in [0.717, 1.165) is 6.42 Å². The van der Waals surface area contributed by atoms with Crippen molar-refractivity contribution in [2.75, 3.05) is 6.61 Å².